The molecule has 0 N–H and O–H groups in total. The quantitative estimate of drug-likeness (QED) is 0.132. The van der Waals surface area contributed by atoms with Crippen LogP contribution in [0, 0.1) is 5.92 Å². The lowest BCUT2D eigenvalue weighted by Crippen LogP contribution is -2.24. The molecule has 0 rings (SSSR count). The molecular formula is C17H31IO3. The summed E-state index contributed by atoms with van der Waals surface area (Å²) in [6.07, 6.45) is 11.9. The summed E-state index contributed by atoms with van der Waals surface area (Å²) in [6, 6.07) is 0. The summed E-state index contributed by atoms with van der Waals surface area (Å²) < 4.78 is 6.22. The molecule has 0 fully saturated rings. The highest BCUT2D eigenvalue weighted by Gasteiger charge is 2.23. The van der Waals surface area contributed by atoms with Crippen molar-refractivity contribution in [2.24, 2.45) is 5.92 Å². The normalized spacial score (nSPS) is 12.1. The van der Waals surface area contributed by atoms with E-state index in [2.05, 4.69) is 22.6 Å². The maximum atomic E-state index is 11.6. The lowest BCUT2D eigenvalue weighted by molar-refractivity contribution is -0.151. The van der Waals surface area contributed by atoms with Gasteiger partial charge in [0.25, 0.3) is 0 Å². The first-order valence-corrected chi connectivity index (χ1v) is 9.89. The van der Waals surface area contributed by atoms with Gasteiger partial charge < -0.3 is 4.74 Å². The Balaban J connectivity index is 3.54. The molecule has 0 saturated heterocycles. The van der Waals surface area contributed by atoms with Crippen molar-refractivity contribution in [1.82, 2.24) is 0 Å². The van der Waals surface area contributed by atoms with Gasteiger partial charge in [-0.25, -0.2) is 0 Å². The van der Waals surface area contributed by atoms with Crippen molar-refractivity contribution in [1.29, 1.82) is 0 Å². The highest BCUT2D eigenvalue weighted by molar-refractivity contribution is 14.1. The fourth-order valence-electron chi connectivity index (χ4n) is 2.41. The number of alkyl halides is 1. The van der Waals surface area contributed by atoms with Crippen molar-refractivity contribution in [3.05, 3.63) is 0 Å². The van der Waals surface area contributed by atoms with Gasteiger partial charge in [-0.05, 0) is 31.1 Å². The molecule has 0 aromatic rings. The number of hydrogen-bond donors (Lipinski definition) is 0. The van der Waals surface area contributed by atoms with Crippen molar-refractivity contribution in [3.63, 3.8) is 0 Å². The standard InChI is InChI=1S/C17H31IO3/c1-3-21-17(20)16(15(2)19)13-11-9-7-5-4-6-8-10-12-14-18/h16H,3-14H2,1-2H3. The number of unbranched alkanes of at least 4 members (excludes halogenated alkanes) is 8. The molecule has 3 nitrogen and oxygen atoms in total. The zero-order chi connectivity index (χ0) is 15.9. The molecule has 21 heavy (non-hydrogen) atoms. The third-order valence-corrected chi connectivity index (χ3v) is 4.45. The van der Waals surface area contributed by atoms with E-state index in [0.717, 1.165) is 12.8 Å². The van der Waals surface area contributed by atoms with E-state index in [-0.39, 0.29) is 11.8 Å². The Morgan fingerprint density at radius 1 is 0.905 bits per heavy atom. The van der Waals surface area contributed by atoms with Crippen LogP contribution in [0.2, 0.25) is 0 Å². The number of Topliss-reactive ketones (excluding diaryl/α,β-unsaturated/α-hetero) is 1. The maximum absolute atomic E-state index is 11.6. The molecule has 0 aliphatic carbocycles. The summed E-state index contributed by atoms with van der Waals surface area (Å²) >= 11 is 2.43. The largest absolute Gasteiger partial charge is 0.465 e. The van der Waals surface area contributed by atoms with Gasteiger partial charge in [0.1, 0.15) is 11.7 Å². The van der Waals surface area contributed by atoms with Crippen LogP contribution in [-0.2, 0) is 14.3 Å². The van der Waals surface area contributed by atoms with Crippen molar-refractivity contribution in [3.8, 4) is 0 Å². The number of rotatable bonds is 14. The Morgan fingerprint density at radius 3 is 1.81 bits per heavy atom. The van der Waals surface area contributed by atoms with Crippen molar-refractivity contribution < 1.29 is 14.3 Å². The molecule has 0 amide bonds. The Bertz CT molecular complexity index is 279. The molecule has 0 aromatic heterocycles. The molecule has 0 spiro atoms. The first-order valence-electron chi connectivity index (χ1n) is 8.36. The molecule has 124 valence electrons. The van der Waals surface area contributed by atoms with Crippen molar-refractivity contribution in [2.45, 2.75) is 78.1 Å². The summed E-state index contributed by atoms with van der Waals surface area (Å²) in [5, 5.41) is 0. The summed E-state index contributed by atoms with van der Waals surface area (Å²) in [5.74, 6) is -0.956. The van der Waals surface area contributed by atoms with Gasteiger partial charge in [0.2, 0.25) is 0 Å². The van der Waals surface area contributed by atoms with Gasteiger partial charge in [-0.3, -0.25) is 9.59 Å². The zero-order valence-corrected chi connectivity index (χ0v) is 15.8. The van der Waals surface area contributed by atoms with Crippen LogP contribution in [0.15, 0.2) is 0 Å². The first-order chi connectivity index (χ1) is 10.1. The lowest BCUT2D eigenvalue weighted by atomic mass is 9.97. The van der Waals surface area contributed by atoms with E-state index >= 15 is 0 Å². The molecule has 0 heterocycles. The lowest BCUT2D eigenvalue weighted by Gasteiger charge is -2.12. The average molecular weight is 410 g/mol. The van der Waals surface area contributed by atoms with E-state index in [1.807, 2.05) is 0 Å². The number of halogens is 1. The van der Waals surface area contributed by atoms with Crippen LogP contribution in [0.3, 0.4) is 0 Å². The molecule has 4 heteroatoms. The van der Waals surface area contributed by atoms with E-state index < -0.39 is 5.92 Å². The Kier molecular flexibility index (Phi) is 14.7. The van der Waals surface area contributed by atoms with Crippen LogP contribution in [0.4, 0.5) is 0 Å². The van der Waals surface area contributed by atoms with E-state index in [0.29, 0.717) is 13.0 Å². The van der Waals surface area contributed by atoms with Gasteiger partial charge in [0, 0.05) is 0 Å². The Hall–Kier alpha value is -0.130. The molecule has 0 bridgehead atoms. The molecule has 0 radical (unpaired) electrons. The van der Waals surface area contributed by atoms with Crippen LogP contribution < -0.4 is 0 Å². The predicted molar refractivity (Wildman–Crippen MR) is 95.9 cm³/mol. The van der Waals surface area contributed by atoms with Gasteiger partial charge in [0.05, 0.1) is 6.61 Å². The number of ketones is 1. The highest BCUT2D eigenvalue weighted by Crippen LogP contribution is 2.15. The molecule has 0 aliphatic heterocycles. The number of hydrogen-bond acceptors (Lipinski definition) is 3. The molecule has 0 saturated carbocycles. The second-order valence-electron chi connectivity index (χ2n) is 5.57. The summed E-state index contributed by atoms with van der Waals surface area (Å²) in [4.78, 5) is 23.1. The highest BCUT2D eigenvalue weighted by atomic mass is 127. The maximum Gasteiger partial charge on any atom is 0.316 e. The minimum absolute atomic E-state index is 0.0660. The minimum Gasteiger partial charge on any atom is -0.465 e. The molecular weight excluding hydrogens is 379 g/mol. The number of carbonyl (C=O) groups is 2. The average Bonchev–Trinajstić information content (AvgIpc) is 2.44. The summed E-state index contributed by atoms with van der Waals surface area (Å²) in [5.41, 5.74) is 0. The molecule has 0 aliphatic rings. The Labute approximate surface area is 143 Å². The zero-order valence-electron chi connectivity index (χ0n) is 13.7. The van der Waals surface area contributed by atoms with E-state index in [1.165, 1.54) is 56.3 Å². The topological polar surface area (TPSA) is 43.4 Å². The number of ether oxygens (including phenoxy) is 1. The fraction of sp³-hybridized carbons (Fsp3) is 0.882. The van der Waals surface area contributed by atoms with Crippen LogP contribution in [-0.4, -0.2) is 22.8 Å². The SMILES string of the molecule is CCOC(=O)C(CCCCCCCCCCCI)C(C)=O. The molecule has 1 unspecified atom stereocenters. The Morgan fingerprint density at radius 2 is 1.38 bits per heavy atom. The number of esters is 1. The van der Waals surface area contributed by atoms with E-state index in [4.69, 9.17) is 4.74 Å². The minimum atomic E-state index is -0.543. The molecule has 0 aromatic carbocycles. The van der Waals surface area contributed by atoms with Gasteiger partial charge >= 0.3 is 5.97 Å². The first kappa shape index (κ1) is 20.9. The predicted octanol–water partition coefficient (Wildman–Crippen LogP) is 5.09. The fourth-order valence-corrected chi connectivity index (χ4v) is 2.95. The summed E-state index contributed by atoms with van der Waals surface area (Å²) in [6.45, 7) is 3.60. The second kappa shape index (κ2) is 14.8. The van der Waals surface area contributed by atoms with E-state index in [1.54, 1.807) is 6.92 Å². The van der Waals surface area contributed by atoms with Gasteiger partial charge in [-0.2, -0.15) is 0 Å². The van der Waals surface area contributed by atoms with Gasteiger partial charge in [-0.1, -0.05) is 74.0 Å². The summed E-state index contributed by atoms with van der Waals surface area (Å²) in [7, 11) is 0. The number of carbonyl (C=O) groups excluding carboxylic acids is 2. The van der Waals surface area contributed by atoms with Crippen molar-refractivity contribution >= 4 is 34.3 Å². The van der Waals surface area contributed by atoms with Crippen LogP contribution in [0.1, 0.15) is 78.1 Å². The van der Waals surface area contributed by atoms with Crippen LogP contribution >= 0.6 is 22.6 Å². The van der Waals surface area contributed by atoms with E-state index in [9.17, 15) is 9.59 Å². The van der Waals surface area contributed by atoms with Crippen molar-refractivity contribution in [2.75, 3.05) is 11.0 Å². The van der Waals surface area contributed by atoms with Gasteiger partial charge in [0.15, 0.2) is 0 Å². The second-order valence-corrected chi connectivity index (χ2v) is 6.65. The third kappa shape index (κ3) is 12.1. The van der Waals surface area contributed by atoms with Crippen LogP contribution in [0.25, 0.3) is 0 Å². The third-order valence-electron chi connectivity index (χ3n) is 3.69. The monoisotopic (exact) mass is 410 g/mol. The molecule has 1 atom stereocenters. The van der Waals surface area contributed by atoms with Crippen LogP contribution in [0.5, 0.6) is 0 Å². The van der Waals surface area contributed by atoms with Gasteiger partial charge in [-0.15, -0.1) is 0 Å². The smallest absolute Gasteiger partial charge is 0.316 e.